The molecule has 3 rings (SSSR count). The van der Waals surface area contributed by atoms with E-state index >= 15 is 0 Å². The van der Waals surface area contributed by atoms with Gasteiger partial charge in [0.05, 0.1) is 6.20 Å². The molecular formula is C17H22N4. The zero-order valence-corrected chi connectivity index (χ0v) is 12.5. The first kappa shape index (κ1) is 13.9. The predicted molar refractivity (Wildman–Crippen MR) is 85.0 cm³/mol. The molecule has 21 heavy (non-hydrogen) atoms. The maximum Gasteiger partial charge on any atom is 0.0692 e. The van der Waals surface area contributed by atoms with Crippen LogP contribution in [0.4, 0.5) is 0 Å². The SMILES string of the molecule is CCCCC(Cn1ccnn1)Cn1ccc2ccccc21. The number of rotatable bonds is 7. The summed E-state index contributed by atoms with van der Waals surface area (Å²) in [5, 5.41) is 9.33. The van der Waals surface area contributed by atoms with E-state index in [-0.39, 0.29) is 0 Å². The van der Waals surface area contributed by atoms with E-state index in [2.05, 4.69) is 58.3 Å². The summed E-state index contributed by atoms with van der Waals surface area (Å²) >= 11 is 0. The van der Waals surface area contributed by atoms with E-state index in [0.29, 0.717) is 5.92 Å². The van der Waals surface area contributed by atoms with Crippen LogP contribution < -0.4 is 0 Å². The Labute approximate surface area is 125 Å². The lowest BCUT2D eigenvalue weighted by molar-refractivity contribution is 0.338. The molecular weight excluding hydrogens is 260 g/mol. The van der Waals surface area contributed by atoms with Crippen LogP contribution in [0.5, 0.6) is 0 Å². The maximum absolute atomic E-state index is 4.11. The van der Waals surface area contributed by atoms with Gasteiger partial charge in [-0.15, -0.1) is 5.10 Å². The number of aromatic nitrogens is 4. The molecule has 4 nitrogen and oxygen atoms in total. The summed E-state index contributed by atoms with van der Waals surface area (Å²) < 4.78 is 4.32. The number of hydrogen-bond donors (Lipinski definition) is 0. The van der Waals surface area contributed by atoms with Gasteiger partial charge in [0.15, 0.2) is 0 Å². The van der Waals surface area contributed by atoms with Crippen LogP contribution >= 0.6 is 0 Å². The molecule has 1 unspecified atom stereocenters. The third kappa shape index (κ3) is 3.32. The third-order valence-corrected chi connectivity index (χ3v) is 4.02. The van der Waals surface area contributed by atoms with E-state index in [0.717, 1.165) is 13.1 Å². The normalized spacial score (nSPS) is 12.8. The Kier molecular flexibility index (Phi) is 4.34. The first-order valence-electron chi connectivity index (χ1n) is 7.75. The van der Waals surface area contributed by atoms with Crippen molar-refractivity contribution in [3.05, 3.63) is 48.9 Å². The van der Waals surface area contributed by atoms with E-state index in [1.165, 1.54) is 30.2 Å². The van der Waals surface area contributed by atoms with E-state index < -0.39 is 0 Å². The highest BCUT2D eigenvalue weighted by molar-refractivity contribution is 5.79. The van der Waals surface area contributed by atoms with Gasteiger partial charge in [-0.3, -0.25) is 4.68 Å². The average molecular weight is 282 g/mol. The zero-order valence-electron chi connectivity index (χ0n) is 12.5. The van der Waals surface area contributed by atoms with Gasteiger partial charge >= 0.3 is 0 Å². The number of unbranched alkanes of at least 4 members (excludes halogenated alkanes) is 1. The lowest BCUT2D eigenvalue weighted by atomic mass is 10.0. The quantitative estimate of drug-likeness (QED) is 0.662. The Balaban J connectivity index is 1.76. The topological polar surface area (TPSA) is 35.6 Å². The number of hydrogen-bond acceptors (Lipinski definition) is 2. The van der Waals surface area contributed by atoms with Gasteiger partial charge in [-0.25, -0.2) is 0 Å². The van der Waals surface area contributed by atoms with Crippen molar-refractivity contribution >= 4 is 10.9 Å². The van der Waals surface area contributed by atoms with Crippen molar-refractivity contribution in [1.82, 2.24) is 19.6 Å². The molecule has 1 aromatic carbocycles. The highest BCUT2D eigenvalue weighted by Gasteiger charge is 2.12. The largest absolute Gasteiger partial charge is 0.347 e. The molecule has 0 aliphatic heterocycles. The molecule has 1 atom stereocenters. The highest BCUT2D eigenvalue weighted by Crippen LogP contribution is 2.20. The fourth-order valence-corrected chi connectivity index (χ4v) is 2.91. The molecule has 0 spiro atoms. The zero-order chi connectivity index (χ0) is 14.5. The minimum atomic E-state index is 0.586. The summed E-state index contributed by atoms with van der Waals surface area (Å²) in [4.78, 5) is 0. The van der Waals surface area contributed by atoms with Crippen molar-refractivity contribution in [2.75, 3.05) is 0 Å². The predicted octanol–water partition coefficient (Wildman–Crippen LogP) is 3.74. The molecule has 110 valence electrons. The number of para-hydroxylation sites is 1. The average Bonchev–Trinajstić information content (AvgIpc) is 3.15. The van der Waals surface area contributed by atoms with Crippen LogP contribution in [0.25, 0.3) is 10.9 Å². The van der Waals surface area contributed by atoms with Gasteiger partial charge in [-0.2, -0.15) is 0 Å². The van der Waals surface area contributed by atoms with Crippen LogP contribution in [-0.4, -0.2) is 19.6 Å². The standard InChI is InChI=1S/C17H22N4/c1-2-3-6-15(14-21-12-10-18-19-21)13-20-11-9-16-7-4-5-8-17(16)20/h4-5,7-12,15H,2-3,6,13-14H2,1H3. The number of nitrogens with zero attached hydrogens (tertiary/aromatic N) is 4. The highest BCUT2D eigenvalue weighted by atomic mass is 15.4. The monoisotopic (exact) mass is 282 g/mol. The van der Waals surface area contributed by atoms with E-state index in [4.69, 9.17) is 0 Å². The molecule has 2 heterocycles. The van der Waals surface area contributed by atoms with Crippen LogP contribution in [0, 0.1) is 5.92 Å². The second-order valence-electron chi connectivity index (χ2n) is 5.66. The molecule has 0 radical (unpaired) electrons. The van der Waals surface area contributed by atoms with Crippen molar-refractivity contribution in [3.63, 3.8) is 0 Å². The van der Waals surface area contributed by atoms with Crippen molar-refractivity contribution in [1.29, 1.82) is 0 Å². The van der Waals surface area contributed by atoms with Crippen molar-refractivity contribution in [3.8, 4) is 0 Å². The molecule has 0 saturated heterocycles. The number of fused-ring (bicyclic) bond motifs is 1. The summed E-state index contributed by atoms with van der Waals surface area (Å²) in [6.07, 6.45) is 9.63. The third-order valence-electron chi connectivity index (χ3n) is 4.02. The molecule has 0 bridgehead atoms. The fourth-order valence-electron chi connectivity index (χ4n) is 2.91. The lowest BCUT2D eigenvalue weighted by Crippen LogP contribution is -2.17. The van der Waals surface area contributed by atoms with Crippen LogP contribution in [0.2, 0.25) is 0 Å². The Morgan fingerprint density at radius 2 is 2.00 bits per heavy atom. The Hall–Kier alpha value is -2.10. The lowest BCUT2D eigenvalue weighted by Gasteiger charge is -2.18. The molecule has 0 fully saturated rings. The maximum atomic E-state index is 4.11. The van der Waals surface area contributed by atoms with Crippen molar-refractivity contribution < 1.29 is 0 Å². The van der Waals surface area contributed by atoms with Crippen LogP contribution in [-0.2, 0) is 13.1 Å². The van der Waals surface area contributed by atoms with Gasteiger partial charge in [0.2, 0.25) is 0 Å². The van der Waals surface area contributed by atoms with Crippen LogP contribution in [0.3, 0.4) is 0 Å². The van der Waals surface area contributed by atoms with Crippen molar-refractivity contribution in [2.45, 2.75) is 39.3 Å². The fraction of sp³-hybridized carbons (Fsp3) is 0.412. The van der Waals surface area contributed by atoms with Crippen molar-refractivity contribution in [2.24, 2.45) is 5.92 Å². The van der Waals surface area contributed by atoms with E-state index in [9.17, 15) is 0 Å². The molecule has 0 N–H and O–H groups in total. The molecule has 3 aromatic rings. The first-order chi connectivity index (χ1) is 10.4. The van der Waals surface area contributed by atoms with Crippen LogP contribution in [0.15, 0.2) is 48.9 Å². The number of benzene rings is 1. The molecule has 0 aliphatic rings. The van der Waals surface area contributed by atoms with Gasteiger partial charge in [0.1, 0.15) is 0 Å². The van der Waals surface area contributed by atoms with Gasteiger partial charge in [-0.1, -0.05) is 43.2 Å². The van der Waals surface area contributed by atoms with E-state index in [1.807, 2.05) is 10.9 Å². The summed E-state index contributed by atoms with van der Waals surface area (Å²) in [5.41, 5.74) is 1.32. The van der Waals surface area contributed by atoms with Gasteiger partial charge in [0, 0.05) is 31.0 Å². The smallest absolute Gasteiger partial charge is 0.0692 e. The second kappa shape index (κ2) is 6.57. The molecule has 0 saturated carbocycles. The summed E-state index contributed by atoms with van der Waals surface area (Å²) in [6.45, 7) is 4.22. The summed E-state index contributed by atoms with van der Waals surface area (Å²) in [5.74, 6) is 0.586. The minimum Gasteiger partial charge on any atom is -0.347 e. The second-order valence-corrected chi connectivity index (χ2v) is 5.66. The molecule has 0 aliphatic carbocycles. The minimum absolute atomic E-state index is 0.586. The van der Waals surface area contributed by atoms with Gasteiger partial charge in [0.25, 0.3) is 0 Å². The van der Waals surface area contributed by atoms with Gasteiger partial charge < -0.3 is 4.57 Å². The Morgan fingerprint density at radius 3 is 2.81 bits per heavy atom. The van der Waals surface area contributed by atoms with E-state index in [1.54, 1.807) is 6.20 Å². The first-order valence-corrected chi connectivity index (χ1v) is 7.75. The molecule has 4 heteroatoms. The summed E-state index contributed by atoms with van der Waals surface area (Å²) in [7, 11) is 0. The summed E-state index contributed by atoms with van der Waals surface area (Å²) in [6, 6.07) is 10.8. The van der Waals surface area contributed by atoms with Gasteiger partial charge in [-0.05, 0) is 29.9 Å². The Bertz CT molecular complexity index is 669. The Morgan fingerprint density at radius 1 is 1.10 bits per heavy atom. The van der Waals surface area contributed by atoms with Crippen LogP contribution in [0.1, 0.15) is 26.2 Å². The molecule has 0 amide bonds. The molecule has 2 aromatic heterocycles.